The highest BCUT2D eigenvalue weighted by atomic mass is 32.2. The van der Waals surface area contributed by atoms with Crippen LogP contribution in [0, 0.1) is 6.92 Å². The Labute approximate surface area is 116 Å². The number of thiophene rings is 1. The standard InChI is InChI=1S/C14H16S3/c1-5-7-11(3)15-13(8-6-2)17-14-10-9-12(4)16-14/h5-10H,1-2H2,3-4H3/b11-7-,13-8-. The van der Waals surface area contributed by atoms with Gasteiger partial charge in [-0.3, -0.25) is 0 Å². The quantitative estimate of drug-likeness (QED) is 0.463. The summed E-state index contributed by atoms with van der Waals surface area (Å²) in [4.78, 5) is 2.57. The predicted octanol–water partition coefficient (Wildman–Crippen LogP) is 6.00. The van der Waals surface area contributed by atoms with Crippen LogP contribution in [0.5, 0.6) is 0 Å². The summed E-state index contributed by atoms with van der Waals surface area (Å²) in [6.45, 7) is 11.7. The third-order valence-electron chi connectivity index (χ3n) is 1.78. The molecule has 0 spiro atoms. The molecule has 0 fully saturated rings. The van der Waals surface area contributed by atoms with Gasteiger partial charge in [-0.15, -0.1) is 11.3 Å². The second-order valence-electron chi connectivity index (χ2n) is 3.30. The van der Waals surface area contributed by atoms with Gasteiger partial charge >= 0.3 is 0 Å². The molecule has 90 valence electrons. The van der Waals surface area contributed by atoms with Crippen LogP contribution >= 0.6 is 34.9 Å². The molecule has 1 heterocycles. The molecule has 0 amide bonds. The minimum absolute atomic E-state index is 1.23. The summed E-state index contributed by atoms with van der Waals surface area (Å²) >= 11 is 5.35. The van der Waals surface area contributed by atoms with E-state index in [1.54, 1.807) is 23.5 Å². The Balaban J connectivity index is 2.74. The van der Waals surface area contributed by atoms with Gasteiger partial charge in [0.2, 0.25) is 0 Å². The van der Waals surface area contributed by atoms with Crippen LogP contribution in [0.4, 0.5) is 0 Å². The van der Waals surface area contributed by atoms with Gasteiger partial charge in [-0.05, 0) is 37.0 Å². The normalized spacial score (nSPS) is 12.6. The van der Waals surface area contributed by atoms with Gasteiger partial charge in [-0.25, -0.2) is 0 Å². The zero-order valence-electron chi connectivity index (χ0n) is 10.1. The lowest BCUT2D eigenvalue weighted by Crippen LogP contribution is -1.71. The Morgan fingerprint density at radius 2 is 1.94 bits per heavy atom. The second-order valence-corrected chi connectivity index (χ2v) is 7.48. The molecule has 1 rings (SSSR count). The SMILES string of the molecule is C=C/C=C(/C)S/C(=C/C=C)Sc1ccc(C)s1. The molecule has 3 heteroatoms. The smallest absolute Gasteiger partial charge is 0.0654 e. The zero-order valence-corrected chi connectivity index (χ0v) is 12.6. The highest BCUT2D eigenvalue weighted by Crippen LogP contribution is 2.41. The molecule has 1 aromatic rings. The summed E-state index contributed by atoms with van der Waals surface area (Å²) < 4.78 is 2.55. The van der Waals surface area contributed by atoms with Crippen LogP contribution in [-0.4, -0.2) is 0 Å². The number of rotatable bonds is 6. The number of aryl methyl sites for hydroxylation is 1. The average molecular weight is 280 g/mol. The van der Waals surface area contributed by atoms with Crippen molar-refractivity contribution in [1.82, 2.24) is 0 Å². The first-order valence-corrected chi connectivity index (χ1v) is 7.65. The Morgan fingerprint density at radius 3 is 2.47 bits per heavy atom. The van der Waals surface area contributed by atoms with Gasteiger partial charge in [0.15, 0.2) is 0 Å². The van der Waals surface area contributed by atoms with E-state index in [2.05, 4.69) is 39.1 Å². The van der Waals surface area contributed by atoms with Crippen molar-refractivity contribution in [2.45, 2.75) is 18.1 Å². The Kier molecular flexibility index (Phi) is 6.48. The minimum atomic E-state index is 1.23. The van der Waals surface area contributed by atoms with Gasteiger partial charge in [0.1, 0.15) is 0 Å². The number of hydrogen-bond donors (Lipinski definition) is 0. The topological polar surface area (TPSA) is 0 Å². The van der Waals surface area contributed by atoms with E-state index in [9.17, 15) is 0 Å². The van der Waals surface area contributed by atoms with E-state index in [-0.39, 0.29) is 0 Å². The van der Waals surface area contributed by atoms with Crippen LogP contribution in [0.3, 0.4) is 0 Å². The van der Waals surface area contributed by atoms with Crippen molar-refractivity contribution in [1.29, 1.82) is 0 Å². The van der Waals surface area contributed by atoms with E-state index < -0.39 is 0 Å². The van der Waals surface area contributed by atoms with E-state index in [1.807, 2.05) is 35.6 Å². The Hall–Kier alpha value is -0.640. The first-order valence-electron chi connectivity index (χ1n) is 5.20. The van der Waals surface area contributed by atoms with Crippen molar-refractivity contribution in [3.63, 3.8) is 0 Å². The highest BCUT2D eigenvalue weighted by molar-refractivity contribution is 8.24. The van der Waals surface area contributed by atoms with Crippen molar-refractivity contribution < 1.29 is 0 Å². The lowest BCUT2D eigenvalue weighted by molar-refractivity contribution is 1.63. The molecule has 17 heavy (non-hydrogen) atoms. The second kappa shape index (κ2) is 7.64. The van der Waals surface area contributed by atoms with Crippen LogP contribution in [0.1, 0.15) is 11.8 Å². The van der Waals surface area contributed by atoms with E-state index >= 15 is 0 Å². The zero-order chi connectivity index (χ0) is 12.7. The molecule has 0 radical (unpaired) electrons. The predicted molar refractivity (Wildman–Crippen MR) is 84.7 cm³/mol. The largest absolute Gasteiger partial charge is 0.134 e. The van der Waals surface area contributed by atoms with Crippen LogP contribution in [0.15, 0.2) is 62.9 Å². The summed E-state index contributed by atoms with van der Waals surface area (Å²) in [7, 11) is 0. The molecule has 0 aliphatic rings. The first-order chi connectivity index (χ1) is 8.15. The summed E-state index contributed by atoms with van der Waals surface area (Å²) in [5.41, 5.74) is 0. The molecule has 0 atom stereocenters. The summed E-state index contributed by atoms with van der Waals surface area (Å²) in [6, 6.07) is 4.31. The molecular formula is C14H16S3. The molecule has 0 saturated carbocycles. The summed E-state index contributed by atoms with van der Waals surface area (Å²) in [5.74, 6) is 0. The highest BCUT2D eigenvalue weighted by Gasteiger charge is 2.04. The number of allylic oxidation sites excluding steroid dienone is 5. The molecule has 0 saturated heterocycles. The van der Waals surface area contributed by atoms with Gasteiger partial charge in [-0.2, -0.15) is 0 Å². The fraction of sp³-hybridized carbons (Fsp3) is 0.143. The number of hydrogen-bond acceptors (Lipinski definition) is 3. The van der Waals surface area contributed by atoms with Crippen molar-refractivity contribution in [3.05, 3.63) is 63.6 Å². The van der Waals surface area contributed by atoms with E-state index in [1.165, 1.54) is 18.2 Å². The fourth-order valence-corrected chi connectivity index (χ4v) is 4.66. The third-order valence-corrected chi connectivity index (χ3v) is 5.05. The van der Waals surface area contributed by atoms with Gasteiger partial charge < -0.3 is 0 Å². The minimum Gasteiger partial charge on any atom is -0.134 e. The molecule has 0 aliphatic heterocycles. The Bertz CT molecular complexity index is 450. The average Bonchev–Trinajstić information content (AvgIpc) is 2.64. The molecule has 0 aromatic carbocycles. The van der Waals surface area contributed by atoms with Gasteiger partial charge in [-0.1, -0.05) is 54.9 Å². The molecule has 1 aromatic heterocycles. The lowest BCUT2D eigenvalue weighted by Gasteiger charge is -2.04. The van der Waals surface area contributed by atoms with Gasteiger partial charge in [0, 0.05) is 4.88 Å². The van der Waals surface area contributed by atoms with E-state index in [4.69, 9.17) is 0 Å². The van der Waals surface area contributed by atoms with Gasteiger partial charge in [0.25, 0.3) is 0 Å². The maximum atomic E-state index is 3.76. The lowest BCUT2D eigenvalue weighted by atomic mass is 10.5. The molecular weight excluding hydrogens is 264 g/mol. The van der Waals surface area contributed by atoms with E-state index in [0.29, 0.717) is 0 Å². The Morgan fingerprint density at radius 1 is 1.24 bits per heavy atom. The molecule has 0 unspecified atom stereocenters. The molecule has 0 N–H and O–H groups in total. The molecule has 0 aliphatic carbocycles. The van der Waals surface area contributed by atoms with Gasteiger partial charge in [0.05, 0.1) is 8.45 Å². The number of thioether (sulfide) groups is 2. The van der Waals surface area contributed by atoms with Crippen molar-refractivity contribution in [2.24, 2.45) is 0 Å². The summed E-state index contributed by atoms with van der Waals surface area (Å²) in [5, 5.41) is 0. The van der Waals surface area contributed by atoms with Crippen molar-refractivity contribution in [2.75, 3.05) is 0 Å². The van der Waals surface area contributed by atoms with Crippen LogP contribution in [0.2, 0.25) is 0 Å². The fourth-order valence-electron chi connectivity index (χ4n) is 1.11. The van der Waals surface area contributed by atoms with Crippen LogP contribution in [0.25, 0.3) is 0 Å². The van der Waals surface area contributed by atoms with Crippen molar-refractivity contribution >= 4 is 34.9 Å². The molecule has 0 nitrogen and oxygen atoms in total. The van der Waals surface area contributed by atoms with Crippen molar-refractivity contribution in [3.8, 4) is 0 Å². The maximum Gasteiger partial charge on any atom is 0.0654 e. The monoisotopic (exact) mass is 280 g/mol. The van der Waals surface area contributed by atoms with E-state index in [0.717, 1.165) is 0 Å². The van der Waals surface area contributed by atoms with Crippen LogP contribution in [-0.2, 0) is 0 Å². The summed E-state index contributed by atoms with van der Waals surface area (Å²) in [6.07, 6.45) is 7.71. The third kappa shape index (κ3) is 5.48. The maximum absolute atomic E-state index is 3.76. The van der Waals surface area contributed by atoms with Crippen LogP contribution < -0.4 is 0 Å². The first kappa shape index (κ1) is 14.4. The molecule has 0 bridgehead atoms.